The largest absolute Gasteiger partial charge is 0.330 e. The molecule has 0 saturated carbocycles. The fraction of sp³-hybridized carbons (Fsp3) is 0.583. The molecule has 2 heterocycles. The fourth-order valence-corrected chi connectivity index (χ4v) is 3.57. The van der Waals surface area contributed by atoms with Crippen LogP contribution < -0.4 is 5.73 Å². The van der Waals surface area contributed by atoms with Crippen LogP contribution in [0, 0.1) is 0 Å². The van der Waals surface area contributed by atoms with Crippen molar-refractivity contribution in [2.24, 2.45) is 5.73 Å². The first-order valence-corrected chi connectivity index (χ1v) is 7.99. The Bertz CT molecular complexity index is 461. The summed E-state index contributed by atoms with van der Waals surface area (Å²) < 4.78 is 22.9. The van der Waals surface area contributed by atoms with Gasteiger partial charge in [-0.05, 0) is 30.7 Å². The molecule has 1 atom stereocenters. The number of hydrogen-bond donors (Lipinski definition) is 1. The Morgan fingerprint density at radius 3 is 2.44 bits per heavy atom. The molecule has 1 aromatic heterocycles. The summed E-state index contributed by atoms with van der Waals surface area (Å²) in [6, 6.07) is 4.15. The summed E-state index contributed by atoms with van der Waals surface area (Å²) in [5.41, 5.74) is 6.83. The van der Waals surface area contributed by atoms with Crippen LogP contribution in [0.1, 0.15) is 18.0 Å². The lowest BCUT2D eigenvalue weighted by Gasteiger charge is -2.34. The van der Waals surface area contributed by atoms with Crippen LogP contribution in [-0.4, -0.2) is 49.4 Å². The topological polar surface area (TPSA) is 76.3 Å². The van der Waals surface area contributed by atoms with E-state index >= 15 is 0 Å². The normalized spacial score (nSPS) is 21.6. The zero-order chi connectivity index (χ0) is 13.0. The number of rotatable bonds is 4. The van der Waals surface area contributed by atoms with Crippen molar-refractivity contribution in [3.8, 4) is 0 Å². The molecule has 1 aliphatic rings. The van der Waals surface area contributed by atoms with Crippen molar-refractivity contribution >= 4 is 9.84 Å². The summed E-state index contributed by atoms with van der Waals surface area (Å²) in [7, 11) is -2.83. The van der Waals surface area contributed by atoms with E-state index in [9.17, 15) is 8.42 Å². The van der Waals surface area contributed by atoms with Crippen molar-refractivity contribution in [2.75, 3.05) is 31.1 Å². The van der Waals surface area contributed by atoms with Crippen molar-refractivity contribution in [3.05, 3.63) is 30.1 Å². The Labute approximate surface area is 108 Å². The molecule has 0 radical (unpaired) electrons. The number of aromatic nitrogens is 1. The van der Waals surface area contributed by atoms with Gasteiger partial charge >= 0.3 is 0 Å². The number of hydrogen-bond acceptors (Lipinski definition) is 5. The van der Waals surface area contributed by atoms with Crippen molar-refractivity contribution in [2.45, 2.75) is 12.5 Å². The van der Waals surface area contributed by atoms with Gasteiger partial charge in [-0.3, -0.25) is 9.88 Å². The molecule has 6 heteroatoms. The quantitative estimate of drug-likeness (QED) is 0.845. The molecule has 0 bridgehead atoms. The van der Waals surface area contributed by atoms with Gasteiger partial charge in [0.15, 0.2) is 9.84 Å². The van der Waals surface area contributed by atoms with Crippen molar-refractivity contribution < 1.29 is 8.42 Å². The maximum absolute atomic E-state index is 11.5. The van der Waals surface area contributed by atoms with Crippen LogP contribution >= 0.6 is 0 Å². The first kappa shape index (κ1) is 13.5. The lowest BCUT2D eigenvalue weighted by atomic mass is 10.0. The van der Waals surface area contributed by atoms with Crippen molar-refractivity contribution in [1.29, 1.82) is 0 Å². The third kappa shape index (κ3) is 3.28. The molecule has 0 aromatic carbocycles. The van der Waals surface area contributed by atoms with Crippen LogP contribution in [0.15, 0.2) is 24.5 Å². The van der Waals surface area contributed by atoms with Crippen molar-refractivity contribution in [1.82, 2.24) is 9.88 Å². The molecule has 1 fully saturated rings. The minimum atomic E-state index is -2.83. The van der Waals surface area contributed by atoms with Crippen LogP contribution in [0.4, 0.5) is 0 Å². The van der Waals surface area contributed by atoms with E-state index in [1.165, 1.54) is 0 Å². The maximum atomic E-state index is 11.5. The predicted molar refractivity (Wildman–Crippen MR) is 70.9 cm³/mol. The minimum Gasteiger partial charge on any atom is -0.330 e. The average Bonchev–Trinajstić information content (AvgIpc) is 2.38. The summed E-state index contributed by atoms with van der Waals surface area (Å²) in [6.45, 7) is 1.78. The van der Waals surface area contributed by atoms with E-state index in [2.05, 4.69) is 9.88 Å². The van der Waals surface area contributed by atoms with E-state index in [1.54, 1.807) is 12.4 Å². The van der Waals surface area contributed by atoms with Crippen LogP contribution in [0.5, 0.6) is 0 Å². The first-order chi connectivity index (χ1) is 8.62. The number of pyridine rings is 1. The molecule has 0 aliphatic carbocycles. The molecule has 1 saturated heterocycles. The monoisotopic (exact) mass is 269 g/mol. The van der Waals surface area contributed by atoms with E-state index in [0.29, 0.717) is 19.6 Å². The summed E-state index contributed by atoms with van der Waals surface area (Å²) in [6.07, 6.45) is 4.36. The average molecular weight is 269 g/mol. The lowest BCUT2D eigenvalue weighted by Crippen LogP contribution is -2.42. The highest BCUT2D eigenvalue weighted by molar-refractivity contribution is 7.91. The highest BCUT2D eigenvalue weighted by Gasteiger charge is 2.27. The lowest BCUT2D eigenvalue weighted by molar-refractivity contribution is 0.205. The summed E-state index contributed by atoms with van der Waals surface area (Å²) in [5, 5.41) is 0. The first-order valence-electron chi connectivity index (χ1n) is 6.17. The smallest absolute Gasteiger partial charge is 0.152 e. The molecule has 18 heavy (non-hydrogen) atoms. The Hall–Kier alpha value is -0.980. The zero-order valence-electron chi connectivity index (χ0n) is 10.3. The third-order valence-corrected chi connectivity index (χ3v) is 4.96. The highest BCUT2D eigenvalue weighted by Crippen LogP contribution is 2.24. The van der Waals surface area contributed by atoms with Crippen LogP contribution in [-0.2, 0) is 9.84 Å². The van der Waals surface area contributed by atoms with Gasteiger partial charge in [-0.15, -0.1) is 0 Å². The second kappa shape index (κ2) is 5.77. The molecule has 0 spiro atoms. The second-order valence-electron chi connectivity index (χ2n) is 4.56. The summed E-state index contributed by atoms with van der Waals surface area (Å²) in [4.78, 5) is 6.22. The van der Waals surface area contributed by atoms with E-state index in [0.717, 1.165) is 12.0 Å². The molecule has 1 unspecified atom stereocenters. The summed E-state index contributed by atoms with van der Waals surface area (Å²) >= 11 is 0. The van der Waals surface area contributed by atoms with Crippen LogP contribution in [0.2, 0.25) is 0 Å². The maximum Gasteiger partial charge on any atom is 0.152 e. The molecular formula is C12H19N3O2S. The molecular weight excluding hydrogens is 250 g/mol. The third-order valence-electron chi connectivity index (χ3n) is 3.35. The second-order valence-corrected chi connectivity index (χ2v) is 6.87. The van der Waals surface area contributed by atoms with E-state index in [4.69, 9.17) is 5.73 Å². The van der Waals surface area contributed by atoms with E-state index < -0.39 is 9.84 Å². The van der Waals surface area contributed by atoms with Gasteiger partial charge in [-0.25, -0.2) is 8.42 Å². The van der Waals surface area contributed by atoms with Crippen molar-refractivity contribution in [3.63, 3.8) is 0 Å². The molecule has 0 amide bonds. The SMILES string of the molecule is NCCC(c1ccncc1)N1CCS(=O)(=O)CC1. The highest BCUT2D eigenvalue weighted by atomic mass is 32.2. The van der Waals surface area contributed by atoms with Gasteiger partial charge in [0, 0.05) is 31.5 Å². The van der Waals surface area contributed by atoms with Gasteiger partial charge in [0.25, 0.3) is 0 Å². The zero-order valence-corrected chi connectivity index (χ0v) is 11.1. The summed E-state index contributed by atoms with van der Waals surface area (Å²) in [5.74, 6) is 0.498. The Kier molecular flexibility index (Phi) is 4.31. The molecule has 2 N–H and O–H groups in total. The number of sulfone groups is 1. The fourth-order valence-electron chi connectivity index (χ4n) is 2.34. The number of nitrogens with two attached hydrogens (primary N) is 1. The minimum absolute atomic E-state index is 0.202. The van der Waals surface area contributed by atoms with E-state index in [-0.39, 0.29) is 17.5 Å². The molecule has 1 aliphatic heterocycles. The van der Waals surface area contributed by atoms with Gasteiger partial charge in [-0.1, -0.05) is 0 Å². The Morgan fingerprint density at radius 2 is 1.89 bits per heavy atom. The Balaban J connectivity index is 2.12. The van der Waals surface area contributed by atoms with Gasteiger partial charge < -0.3 is 5.73 Å². The molecule has 1 aromatic rings. The van der Waals surface area contributed by atoms with Gasteiger partial charge in [0.1, 0.15) is 0 Å². The predicted octanol–water partition coefficient (Wildman–Crippen LogP) is 0.202. The molecule has 2 rings (SSSR count). The van der Waals surface area contributed by atoms with Crippen LogP contribution in [0.25, 0.3) is 0 Å². The Morgan fingerprint density at radius 1 is 1.28 bits per heavy atom. The standard InChI is InChI=1S/C12H19N3O2S/c13-4-1-12(11-2-5-14-6-3-11)15-7-9-18(16,17)10-8-15/h2-3,5-6,12H,1,4,7-10,13H2. The van der Waals surface area contributed by atoms with Gasteiger partial charge in [-0.2, -0.15) is 0 Å². The molecule has 100 valence electrons. The van der Waals surface area contributed by atoms with E-state index in [1.807, 2.05) is 12.1 Å². The van der Waals surface area contributed by atoms with Gasteiger partial charge in [0.05, 0.1) is 11.5 Å². The van der Waals surface area contributed by atoms with Crippen LogP contribution in [0.3, 0.4) is 0 Å². The molecule has 5 nitrogen and oxygen atoms in total. The van der Waals surface area contributed by atoms with Gasteiger partial charge in [0.2, 0.25) is 0 Å². The number of nitrogens with zero attached hydrogens (tertiary/aromatic N) is 2.